The summed E-state index contributed by atoms with van der Waals surface area (Å²) in [5.74, 6) is 0. The Morgan fingerprint density at radius 3 is 2.44 bits per heavy atom. The van der Waals surface area contributed by atoms with Crippen LogP contribution in [0.5, 0.6) is 0 Å². The van der Waals surface area contributed by atoms with Crippen molar-refractivity contribution in [1.82, 2.24) is 0 Å². The highest BCUT2D eigenvalue weighted by Gasteiger charge is 2.01. The Morgan fingerprint density at radius 2 is 1.75 bits per heavy atom. The summed E-state index contributed by atoms with van der Waals surface area (Å²) >= 11 is 1.76. The zero-order valence-electron chi connectivity index (χ0n) is 9.53. The average Bonchev–Trinajstić information content (AvgIpc) is 2.20. The fraction of sp³-hybridized carbons (Fsp3) is 0.143. The molecule has 0 fully saturated rings. The molecule has 0 aliphatic carbocycles. The van der Waals surface area contributed by atoms with Crippen LogP contribution in [0.1, 0.15) is 11.1 Å². The highest BCUT2D eigenvalue weighted by Crippen LogP contribution is 2.31. The monoisotopic (exact) mass is 229 g/mol. The van der Waals surface area contributed by atoms with E-state index < -0.39 is 0 Å². The van der Waals surface area contributed by atoms with Gasteiger partial charge in [-0.1, -0.05) is 30.0 Å². The fourth-order valence-corrected chi connectivity index (χ4v) is 2.70. The smallest absolute Gasteiger partial charge is 0.0328 e. The van der Waals surface area contributed by atoms with Gasteiger partial charge in [-0.3, -0.25) is 0 Å². The second kappa shape index (κ2) is 4.62. The lowest BCUT2D eigenvalue weighted by Crippen LogP contribution is -1.87. The highest BCUT2D eigenvalue weighted by atomic mass is 32.2. The standard InChI is InChI=1S/C14H15NS/c1-10-7-12(15)9-13(8-10)16-14-6-4-3-5-11(14)2/h3-9H,15H2,1-2H3. The van der Waals surface area contributed by atoms with Crippen LogP contribution in [0.15, 0.2) is 52.3 Å². The van der Waals surface area contributed by atoms with E-state index in [4.69, 9.17) is 5.73 Å². The number of hydrogen-bond donors (Lipinski definition) is 1. The first-order chi connectivity index (χ1) is 7.65. The maximum atomic E-state index is 5.84. The molecule has 0 aliphatic rings. The molecule has 0 amide bonds. The van der Waals surface area contributed by atoms with Crippen LogP contribution in [-0.2, 0) is 0 Å². The topological polar surface area (TPSA) is 26.0 Å². The number of nitrogens with two attached hydrogens (primary N) is 1. The van der Waals surface area contributed by atoms with Crippen molar-refractivity contribution in [1.29, 1.82) is 0 Å². The molecule has 0 radical (unpaired) electrons. The summed E-state index contributed by atoms with van der Waals surface area (Å²) in [6, 6.07) is 14.6. The Bertz CT molecular complexity index is 486. The molecule has 0 saturated heterocycles. The third kappa shape index (κ3) is 2.58. The summed E-state index contributed by atoms with van der Waals surface area (Å²) in [5, 5.41) is 0. The van der Waals surface area contributed by atoms with E-state index in [1.165, 1.54) is 20.9 Å². The van der Waals surface area contributed by atoms with E-state index in [1.807, 2.05) is 12.1 Å². The minimum absolute atomic E-state index is 0.830. The maximum absolute atomic E-state index is 5.84. The number of hydrogen-bond acceptors (Lipinski definition) is 2. The molecule has 0 heterocycles. The molecule has 2 N–H and O–H groups in total. The Hall–Kier alpha value is -1.41. The number of aryl methyl sites for hydroxylation is 2. The molecule has 2 aromatic carbocycles. The molecule has 0 saturated carbocycles. The first-order valence-corrected chi connectivity index (χ1v) is 6.07. The van der Waals surface area contributed by atoms with Gasteiger partial charge in [-0.2, -0.15) is 0 Å². The quantitative estimate of drug-likeness (QED) is 0.787. The molecule has 0 spiro atoms. The Labute approximate surface area is 101 Å². The second-order valence-corrected chi connectivity index (χ2v) is 5.06. The molecule has 0 aromatic heterocycles. The first kappa shape index (κ1) is 11.1. The molecule has 0 aliphatic heterocycles. The molecule has 82 valence electrons. The maximum Gasteiger partial charge on any atom is 0.0328 e. The van der Waals surface area contributed by atoms with Crippen molar-refractivity contribution in [2.24, 2.45) is 0 Å². The van der Waals surface area contributed by atoms with Gasteiger partial charge in [-0.25, -0.2) is 0 Å². The normalized spacial score (nSPS) is 10.4. The fourth-order valence-electron chi connectivity index (χ4n) is 1.63. The molecule has 16 heavy (non-hydrogen) atoms. The van der Waals surface area contributed by atoms with E-state index >= 15 is 0 Å². The molecular weight excluding hydrogens is 214 g/mol. The zero-order chi connectivity index (χ0) is 11.5. The molecule has 0 unspecified atom stereocenters. The van der Waals surface area contributed by atoms with E-state index in [1.54, 1.807) is 11.8 Å². The van der Waals surface area contributed by atoms with Crippen LogP contribution >= 0.6 is 11.8 Å². The minimum atomic E-state index is 0.830. The number of nitrogen functional groups attached to an aromatic ring is 1. The lowest BCUT2D eigenvalue weighted by Gasteiger charge is -2.07. The Kier molecular flexibility index (Phi) is 3.20. The van der Waals surface area contributed by atoms with E-state index in [9.17, 15) is 0 Å². The van der Waals surface area contributed by atoms with Gasteiger partial charge >= 0.3 is 0 Å². The Morgan fingerprint density at radius 1 is 1.00 bits per heavy atom. The summed E-state index contributed by atoms with van der Waals surface area (Å²) in [5.41, 5.74) is 9.17. The number of rotatable bonds is 2. The third-order valence-electron chi connectivity index (χ3n) is 2.39. The molecule has 1 nitrogen and oxygen atoms in total. The van der Waals surface area contributed by atoms with E-state index in [0.29, 0.717) is 0 Å². The highest BCUT2D eigenvalue weighted by molar-refractivity contribution is 7.99. The number of benzene rings is 2. The molecule has 2 rings (SSSR count). The zero-order valence-corrected chi connectivity index (χ0v) is 10.3. The summed E-state index contributed by atoms with van der Waals surface area (Å²) in [4.78, 5) is 2.49. The van der Waals surface area contributed by atoms with Gasteiger partial charge in [0.05, 0.1) is 0 Å². The molecule has 2 heteroatoms. The predicted molar refractivity (Wildman–Crippen MR) is 70.9 cm³/mol. The van der Waals surface area contributed by atoms with Gasteiger partial charge in [0.2, 0.25) is 0 Å². The van der Waals surface area contributed by atoms with Gasteiger partial charge in [-0.15, -0.1) is 0 Å². The van der Waals surface area contributed by atoms with Gasteiger partial charge in [0.1, 0.15) is 0 Å². The van der Waals surface area contributed by atoms with Crippen molar-refractivity contribution in [3.05, 3.63) is 53.6 Å². The van der Waals surface area contributed by atoms with Crippen molar-refractivity contribution in [3.63, 3.8) is 0 Å². The second-order valence-electron chi connectivity index (χ2n) is 3.95. The van der Waals surface area contributed by atoms with Crippen molar-refractivity contribution in [2.45, 2.75) is 23.6 Å². The van der Waals surface area contributed by atoms with E-state index in [2.05, 4.69) is 44.2 Å². The van der Waals surface area contributed by atoms with Crippen LogP contribution in [0, 0.1) is 13.8 Å². The van der Waals surface area contributed by atoms with Crippen molar-refractivity contribution < 1.29 is 0 Å². The summed E-state index contributed by atoms with van der Waals surface area (Å²) in [6.45, 7) is 4.19. The van der Waals surface area contributed by atoms with Crippen LogP contribution in [-0.4, -0.2) is 0 Å². The Balaban J connectivity index is 2.30. The summed E-state index contributed by atoms with van der Waals surface area (Å²) in [7, 11) is 0. The van der Waals surface area contributed by atoms with Crippen molar-refractivity contribution in [2.75, 3.05) is 5.73 Å². The molecular formula is C14H15NS. The predicted octanol–water partition coefficient (Wildman–Crippen LogP) is 4.04. The van der Waals surface area contributed by atoms with E-state index in [-0.39, 0.29) is 0 Å². The molecule has 0 atom stereocenters. The van der Waals surface area contributed by atoms with Crippen LogP contribution in [0.3, 0.4) is 0 Å². The minimum Gasteiger partial charge on any atom is -0.399 e. The lowest BCUT2D eigenvalue weighted by atomic mass is 10.2. The van der Waals surface area contributed by atoms with Gasteiger partial charge in [0, 0.05) is 15.5 Å². The van der Waals surface area contributed by atoms with Crippen LogP contribution < -0.4 is 5.73 Å². The van der Waals surface area contributed by atoms with Crippen molar-refractivity contribution >= 4 is 17.4 Å². The van der Waals surface area contributed by atoms with Gasteiger partial charge in [-0.05, 0) is 49.2 Å². The SMILES string of the molecule is Cc1cc(N)cc(Sc2ccccc2C)c1. The van der Waals surface area contributed by atoms with E-state index in [0.717, 1.165) is 5.69 Å². The largest absolute Gasteiger partial charge is 0.399 e. The lowest BCUT2D eigenvalue weighted by molar-refractivity contribution is 1.29. The van der Waals surface area contributed by atoms with Gasteiger partial charge < -0.3 is 5.73 Å². The van der Waals surface area contributed by atoms with Crippen molar-refractivity contribution in [3.8, 4) is 0 Å². The van der Waals surface area contributed by atoms with Gasteiger partial charge in [0.15, 0.2) is 0 Å². The molecule has 0 bridgehead atoms. The van der Waals surface area contributed by atoms with Crippen LogP contribution in [0.2, 0.25) is 0 Å². The summed E-state index contributed by atoms with van der Waals surface area (Å²) < 4.78 is 0. The van der Waals surface area contributed by atoms with Crippen LogP contribution in [0.4, 0.5) is 5.69 Å². The molecule has 2 aromatic rings. The average molecular weight is 229 g/mol. The first-order valence-electron chi connectivity index (χ1n) is 5.26. The van der Waals surface area contributed by atoms with Crippen LogP contribution in [0.25, 0.3) is 0 Å². The van der Waals surface area contributed by atoms with Gasteiger partial charge in [0.25, 0.3) is 0 Å². The third-order valence-corrected chi connectivity index (χ3v) is 3.54. The summed E-state index contributed by atoms with van der Waals surface area (Å²) in [6.07, 6.45) is 0. The number of anilines is 1.